The van der Waals surface area contributed by atoms with Crippen molar-refractivity contribution in [3.8, 4) is 0 Å². The van der Waals surface area contributed by atoms with Crippen LogP contribution in [0.3, 0.4) is 0 Å². The van der Waals surface area contributed by atoms with E-state index in [4.69, 9.17) is 0 Å². The molecule has 32 heavy (non-hydrogen) atoms. The van der Waals surface area contributed by atoms with Gasteiger partial charge in [0.15, 0.2) is 5.78 Å². The molecule has 1 fully saturated rings. The molecular weight excluding hydrogens is 414 g/mol. The van der Waals surface area contributed by atoms with Crippen LogP contribution >= 0.6 is 0 Å². The molecule has 0 N–H and O–H groups in total. The lowest BCUT2D eigenvalue weighted by Gasteiger charge is -2.31. The first kappa shape index (κ1) is 22.1. The molecule has 2 aromatic carbocycles. The Labute approximate surface area is 183 Å². The first-order chi connectivity index (χ1) is 15.5. The van der Waals surface area contributed by atoms with Crippen molar-refractivity contribution in [3.63, 3.8) is 0 Å². The molecule has 168 valence electrons. The first-order valence-corrected chi connectivity index (χ1v) is 10.8. The summed E-state index contributed by atoms with van der Waals surface area (Å²) in [4.78, 5) is 40.5. The summed E-state index contributed by atoms with van der Waals surface area (Å²) in [7, 11) is 0. The molecule has 4 rings (SSSR count). The topological polar surface area (TPSA) is 64.3 Å². The van der Waals surface area contributed by atoms with Gasteiger partial charge in [-0.1, -0.05) is 12.1 Å². The van der Waals surface area contributed by atoms with Gasteiger partial charge in [0.2, 0.25) is 0 Å². The third-order valence-corrected chi connectivity index (χ3v) is 6.17. The van der Waals surface area contributed by atoms with E-state index in [0.29, 0.717) is 48.9 Å². The quantitative estimate of drug-likeness (QED) is 0.531. The zero-order valence-corrected chi connectivity index (χ0v) is 17.7. The highest BCUT2D eigenvalue weighted by molar-refractivity contribution is 5.97. The van der Waals surface area contributed by atoms with E-state index in [9.17, 15) is 23.2 Å². The predicted molar refractivity (Wildman–Crippen MR) is 118 cm³/mol. The molecule has 0 unspecified atom stereocenters. The molecule has 0 atom stereocenters. The standard InChI is InChI=1S/C24H25F2N3O3/c25-11-14-28-21-4-2-1-3-20(21)23(31)29(24(28)32)16-15-27-12-9-18(10-13-27)22(30)17-5-7-19(26)8-6-17/h1-8,18H,9-16H2/i25-1,26-1. The number of likely N-dealkylation sites (tertiary alicyclic amines) is 1. The molecule has 6 nitrogen and oxygen atoms in total. The summed E-state index contributed by atoms with van der Waals surface area (Å²) < 4.78 is 28.6. The minimum atomic E-state index is -0.697. The Bertz CT molecular complexity index is 1230. The number of aromatic nitrogens is 2. The van der Waals surface area contributed by atoms with Crippen LogP contribution in [0.5, 0.6) is 0 Å². The number of carbonyl (C=O) groups is 1. The molecule has 0 bridgehead atoms. The summed E-state index contributed by atoms with van der Waals surface area (Å²) in [5.41, 5.74) is 0.0762. The normalized spacial score (nSPS) is 15.3. The Hall–Kier alpha value is -3.13. The fourth-order valence-electron chi connectivity index (χ4n) is 4.38. The maximum absolute atomic E-state index is 13.1. The van der Waals surface area contributed by atoms with Crippen LogP contribution in [0.4, 0.5) is 8.78 Å². The number of fused-ring (bicyclic) bond motifs is 1. The molecule has 1 aliphatic rings. The van der Waals surface area contributed by atoms with Gasteiger partial charge in [0.25, 0.3) is 5.56 Å². The number of halogens is 2. The number of nitrogens with zero attached hydrogens (tertiary/aromatic N) is 3. The van der Waals surface area contributed by atoms with Gasteiger partial charge in [0, 0.05) is 24.6 Å². The molecule has 0 spiro atoms. The van der Waals surface area contributed by atoms with Crippen LogP contribution < -0.4 is 11.2 Å². The molecular formula is C24H25F2N3O3. The number of alkyl halides is 1. The molecule has 0 radical (unpaired) electrons. The van der Waals surface area contributed by atoms with E-state index >= 15 is 0 Å². The van der Waals surface area contributed by atoms with Crippen molar-refractivity contribution in [2.45, 2.75) is 25.9 Å². The van der Waals surface area contributed by atoms with E-state index in [-0.39, 0.29) is 36.2 Å². The van der Waals surface area contributed by atoms with Gasteiger partial charge < -0.3 is 4.90 Å². The summed E-state index contributed by atoms with van der Waals surface area (Å²) in [6.07, 6.45) is 1.32. The number of Topliss-reactive ketones (excluding diaryl/α,β-unsaturated/α-hetero) is 1. The largest absolute Gasteiger partial charge is 0.331 e. The van der Waals surface area contributed by atoms with Crippen molar-refractivity contribution >= 4 is 16.7 Å². The monoisotopic (exact) mass is 439 g/mol. The number of hydrogen-bond donors (Lipinski definition) is 0. The summed E-state index contributed by atoms with van der Waals surface area (Å²) in [6.45, 7) is 1.22. The van der Waals surface area contributed by atoms with Crippen LogP contribution in [0.25, 0.3) is 10.9 Å². The van der Waals surface area contributed by atoms with Crippen molar-refractivity contribution in [2.24, 2.45) is 5.92 Å². The molecule has 1 aliphatic heterocycles. The SMILES string of the molecule is O=C(c1ccc([18F])cc1)C1CCN(CCn2c(=O)c3ccccc3n(CC[18F])c2=O)CC1. The van der Waals surface area contributed by atoms with E-state index in [1.165, 1.54) is 33.4 Å². The molecule has 1 saturated heterocycles. The van der Waals surface area contributed by atoms with Crippen molar-refractivity contribution in [1.82, 2.24) is 14.0 Å². The lowest BCUT2D eigenvalue weighted by molar-refractivity contribution is 0.0837. The molecule has 1 aromatic heterocycles. The fourth-order valence-corrected chi connectivity index (χ4v) is 4.38. The fraction of sp³-hybridized carbons (Fsp3) is 0.375. The summed E-state index contributed by atoms with van der Waals surface area (Å²) >= 11 is 0. The molecule has 0 saturated carbocycles. The van der Waals surface area contributed by atoms with Crippen molar-refractivity contribution in [3.05, 3.63) is 80.7 Å². The average molecular weight is 439 g/mol. The number of benzene rings is 2. The van der Waals surface area contributed by atoms with Crippen molar-refractivity contribution < 1.29 is 13.6 Å². The molecule has 8 heteroatoms. The highest BCUT2D eigenvalue weighted by Crippen LogP contribution is 2.22. The van der Waals surface area contributed by atoms with Crippen LogP contribution in [0.2, 0.25) is 0 Å². The minimum absolute atomic E-state index is 0.0181. The van der Waals surface area contributed by atoms with Crippen molar-refractivity contribution in [1.29, 1.82) is 0 Å². The number of carbonyl (C=O) groups excluding carboxylic acids is 1. The number of ketones is 1. The van der Waals surface area contributed by atoms with Crippen molar-refractivity contribution in [2.75, 3.05) is 26.3 Å². The number of hydrogen-bond acceptors (Lipinski definition) is 4. The highest BCUT2D eigenvalue weighted by atomic mass is 18.2. The third-order valence-electron chi connectivity index (χ3n) is 6.17. The maximum atomic E-state index is 13.1. The number of para-hydroxylation sites is 1. The Morgan fingerprint density at radius 1 is 0.906 bits per heavy atom. The molecule has 0 amide bonds. The van der Waals surface area contributed by atoms with Gasteiger partial charge in [0.1, 0.15) is 12.5 Å². The van der Waals surface area contributed by atoms with Gasteiger partial charge in [-0.05, 0) is 62.3 Å². The molecule has 2 heterocycles. The van der Waals surface area contributed by atoms with Crippen LogP contribution in [0.1, 0.15) is 23.2 Å². The van der Waals surface area contributed by atoms with Crippen LogP contribution in [-0.4, -0.2) is 46.1 Å². The van der Waals surface area contributed by atoms with Crippen LogP contribution in [-0.2, 0) is 13.1 Å². The Morgan fingerprint density at radius 3 is 2.28 bits per heavy atom. The van der Waals surface area contributed by atoms with E-state index in [0.717, 1.165) is 0 Å². The maximum Gasteiger partial charge on any atom is 0.331 e. The first-order valence-electron chi connectivity index (χ1n) is 10.8. The Kier molecular flexibility index (Phi) is 6.60. The second-order valence-electron chi connectivity index (χ2n) is 8.08. The van der Waals surface area contributed by atoms with Gasteiger partial charge in [-0.3, -0.25) is 18.7 Å². The van der Waals surface area contributed by atoms with E-state index < -0.39 is 12.4 Å². The van der Waals surface area contributed by atoms with Gasteiger partial charge in [-0.2, -0.15) is 0 Å². The number of aryl methyl sites for hydroxylation is 1. The summed E-state index contributed by atoms with van der Waals surface area (Å²) in [6, 6.07) is 12.4. The zero-order valence-electron chi connectivity index (χ0n) is 17.7. The lowest BCUT2D eigenvalue weighted by Crippen LogP contribution is -2.44. The van der Waals surface area contributed by atoms with Gasteiger partial charge in [-0.25, -0.2) is 13.6 Å². The van der Waals surface area contributed by atoms with E-state index in [1.54, 1.807) is 24.3 Å². The summed E-state index contributed by atoms with van der Waals surface area (Å²) in [5, 5.41) is 0.393. The number of piperidine rings is 1. The zero-order chi connectivity index (χ0) is 22.7. The summed E-state index contributed by atoms with van der Waals surface area (Å²) in [5.74, 6) is -0.475. The van der Waals surface area contributed by atoms with Gasteiger partial charge in [0.05, 0.1) is 17.4 Å². The average Bonchev–Trinajstić information content (AvgIpc) is 2.82. The second kappa shape index (κ2) is 9.56. The molecule has 3 aromatic rings. The second-order valence-corrected chi connectivity index (χ2v) is 8.08. The Balaban J connectivity index is 1.44. The number of rotatable bonds is 7. The highest BCUT2D eigenvalue weighted by Gasteiger charge is 2.26. The van der Waals surface area contributed by atoms with Crippen LogP contribution in [0.15, 0.2) is 58.1 Å². The van der Waals surface area contributed by atoms with E-state index in [1.807, 2.05) is 0 Å². The Morgan fingerprint density at radius 2 is 1.59 bits per heavy atom. The lowest BCUT2D eigenvalue weighted by atomic mass is 9.89. The third kappa shape index (κ3) is 4.41. The van der Waals surface area contributed by atoms with Gasteiger partial charge >= 0.3 is 5.69 Å². The smallest absolute Gasteiger partial charge is 0.302 e. The van der Waals surface area contributed by atoms with Crippen LogP contribution in [0, 0.1) is 11.7 Å². The van der Waals surface area contributed by atoms with E-state index in [2.05, 4.69) is 4.90 Å². The van der Waals surface area contributed by atoms with Gasteiger partial charge in [-0.15, -0.1) is 0 Å². The minimum Gasteiger partial charge on any atom is -0.302 e. The predicted octanol–water partition coefficient (Wildman–Crippen LogP) is 2.87. The molecule has 0 aliphatic carbocycles.